The van der Waals surface area contributed by atoms with Crippen LogP contribution in [-0.2, 0) is 11.2 Å². The number of nitrogens with one attached hydrogen (secondary N) is 1. The summed E-state index contributed by atoms with van der Waals surface area (Å²) in [7, 11) is 1.54. The Morgan fingerprint density at radius 1 is 1.23 bits per heavy atom. The zero-order valence-corrected chi connectivity index (χ0v) is 17.9. The number of carboxylic acid groups (broad SMARTS) is 1. The molecule has 0 saturated heterocycles. The van der Waals surface area contributed by atoms with E-state index in [0.717, 1.165) is 5.56 Å². The molecule has 2 heterocycles. The van der Waals surface area contributed by atoms with Crippen LogP contribution in [-0.4, -0.2) is 34.2 Å². The molecule has 0 aliphatic rings. The van der Waals surface area contributed by atoms with Crippen molar-refractivity contribution < 1.29 is 23.4 Å². The van der Waals surface area contributed by atoms with Crippen LogP contribution in [0.5, 0.6) is 5.75 Å². The lowest BCUT2D eigenvalue weighted by molar-refractivity contribution is -0.137. The van der Waals surface area contributed by atoms with Gasteiger partial charge in [0, 0.05) is 12.0 Å². The smallest absolute Gasteiger partial charge is 0.326 e. The van der Waals surface area contributed by atoms with E-state index < -0.39 is 12.0 Å². The predicted octanol–water partition coefficient (Wildman–Crippen LogP) is 4.91. The Bertz CT molecular complexity index is 1240. The number of furan rings is 1. The van der Waals surface area contributed by atoms with E-state index in [-0.39, 0.29) is 18.0 Å². The van der Waals surface area contributed by atoms with E-state index in [1.165, 1.54) is 25.6 Å². The normalized spacial score (nSPS) is 12.0. The molecule has 1 unspecified atom stereocenters. The number of para-hydroxylation sites is 1. The van der Waals surface area contributed by atoms with Gasteiger partial charge < -0.3 is 19.6 Å². The number of halogens is 2. The van der Waals surface area contributed by atoms with Crippen molar-refractivity contribution in [1.29, 1.82) is 0 Å². The first-order chi connectivity index (χ1) is 15.0. The molecular formula is C22H17BrFN3O4. The monoisotopic (exact) mass is 485 g/mol. The number of ether oxygens (including phenoxy) is 1. The maximum atomic E-state index is 13.3. The third-order valence-corrected chi connectivity index (χ3v) is 5.52. The van der Waals surface area contributed by atoms with Crippen LogP contribution in [0.2, 0.25) is 0 Å². The number of hydrogen-bond donors (Lipinski definition) is 2. The molecule has 0 amide bonds. The number of hydrogen-bond acceptors (Lipinski definition) is 6. The Hall–Kier alpha value is -3.46. The quantitative estimate of drug-likeness (QED) is 0.383. The van der Waals surface area contributed by atoms with Crippen molar-refractivity contribution in [2.75, 3.05) is 12.4 Å². The van der Waals surface area contributed by atoms with Crippen molar-refractivity contribution in [2.45, 2.75) is 12.5 Å². The SMILES string of the molecule is COc1ccccc1CC(Nc1ncnc2oc(-c3ccc(F)cc3)c(Br)c12)C(=O)O. The van der Waals surface area contributed by atoms with Crippen molar-refractivity contribution in [3.05, 3.63) is 70.7 Å². The van der Waals surface area contributed by atoms with Gasteiger partial charge in [-0.2, -0.15) is 0 Å². The molecule has 1 atom stereocenters. The highest BCUT2D eigenvalue weighted by atomic mass is 79.9. The van der Waals surface area contributed by atoms with Gasteiger partial charge in [-0.25, -0.2) is 19.2 Å². The summed E-state index contributed by atoms with van der Waals surface area (Å²) >= 11 is 3.50. The van der Waals surface area contributed by atoms with Gasteiger partial charge in [0.15, 0.2) is 5.76 Å². The average Bonchev–Trinajstić information content (AvgIpc) is 3.11. The summed E-state index contributed by atoms with van der Waals surface area (Å²) in [6, 6.07) is 12.1. The third kappa shape index (κ3) is 4.22. The maximum Gasteiger partial charge on any atom is 0.326 e. The Morgan fingerprint density at radius 3 is 2.68 bits per heavy atom. The van der Waals surface area contributed by atoms with E-state index >= 15 is 0 Å². The van der Waals surface area contributed by atoms with E-state index in [1.54, 1.807) is 18.2 Å². The van der Waals surface area contributed by atoms with E-state index in [1.807, 2.05) is 18.2 Å². The van der Waals surface area contributed by atoms with E-state index in [4.69, 9.17) is 9.15 Å². The summed E-state index contributed by atoms with van der Waals surface area (Å²) in [4.78, 5) is 20.3. The fourth-order valence-electron chi connectivity index (χ4n) is 3.25. The molecule has 0 saturated carbocycles. The number of methoxy groups -OCH3 is 1. The van der Waals surface area contributed by atoms with Crippen LogP contribution in [0.15, 0.2) is 63.7 Å². The fraction of sp³-hybridized carbons (Fsp3) is 0.136. The molecule has 31 heavy (non-hydrogen) atoms. The molecule has 0 aliphatic carbocycles. The minimum atomic E-state index is -1.05. The number of anilines is 1. The standard InChI is InChI=1S/C22H17BrFN3O4/c1-30-16-5-3-2-4-13(16)10-15(22(28)29)27-20-17-18(23)19(31-21(17)26-11-25-20)12-6-8-14(24)9-7-12/h2-9,11,15H,10H2,1H3,(H,28,29)(H,25,26,27). The first-order valence-corrected chi connectivity index (χ1v) is 10.1. The van der Waals surface area contributed by atoms with Crippen LogP contribution in [0, 0.1) is 5.82 Å². The molecule has 4 aromatic rings. The van der Waals surface area contributed by atoms with Crippen LogP contribution in [0.1, 0.15) is 5.56 Å². The molecule has 0 fully saturated rings. The second-order valence-corrected chi connectivity index (χ2v) is 7.50. The summed E-state index contributed by atoms with van der Waals surface area (Å²) < 4.78 is 25.0. The topological polar surface area (TPSA) is 97.5 Å². The minimum absolute atomic E-state index is 0.172. The molecule has 0 spiro atoms. The Labute approximate surface area is 185 Å². The van der Waals surface area contributed by atoms with Gasteiger partial charge in [0.2, 0.25) is 5.71 Å². The van der Waals surface area contributed by atoms with Gasteiger partial charge in [0.1, 0.15) is 29.8 Å². The number of carboxylic acids is 1. The minimum Gasteiger partial charge on any atom is -0.496 e. The second kappa shape index (κ2) is 8.73. The Kier molecular flexibility index (Phi) is 5.85. The summed E-state index contributed by atoms with van der Waals surface area (Å²) in [5.41, 5.74) is 1.65. The van der Waals surface area contributed by atoms with Crippen LogP contribution >= 0.6 is 15.9 Å². The number of carbonyl (C=O) groups is 1. The highest BCUT2D eigenvalue weighted by molar-refractivity contribution is 9.10. The molecular weight excluding hydrogens is 469 g/mol. The molecule has 2 aromatic heterocycles. The third-order valence-electron chi connectivity index (χ3n) is 4.76. The summed E-state index contributed by atoms with van der Waals surface area (Å²) in [5.74, 6) is -0.0623. The number of rotatable bonds is 7. The van der Waals surface area contributed by atoms with E-state index in [0.29, 0.717) is 32.8 Å². The fourth-order valence-corrected chi connectivity index (χ4v) is 3.92. The maximum absolute atomic E-state index is 13.3. The van der Waals surface area contributed by atoms with E-state index in [2.05, 4.69) is 31.2 Å². The number of fused-ring (bicyclic) bond motifs is 1. The molecule has 0 radical (unpaired) electrons. The lowest BCUT2D eigenvalue weighted by Gasteiger charge is -2.17. The van der Waals surface area contributed by atoms with Gasteiger partial charge in [-0.15, -0.1) is 0 Å². The van der Waals surface area contributed by atoms with Gasteiger partial charge in [-0.1, -0.05) is 18.2 Å². The first kappa shape index (κ1) is 20.8. The summed E-state index contributed by atoms with van der Waals surface area (Å²) in [6.45, 7) is 0. The highest BCUT2D eigenvalue weighted by Gasteiger charge is 2.24. The van der Waals surface area contributed by atoms with Gasteiger partial charge in [-0.3, -0.25) is 0 Å². The van der Waals surface area contributed by atoms with Crippen LogP contribution in [0.25, 0.3) is 22.4 Å². The zero-order chi connectivity index (χ0) is 22.0. The van der Waals surface area contributed by atoms with E-state index in [9.17, 15) is 14.3 Å². The van der Waals surface area contributed by atoms with Gasteiger partial charge in [-0.05, 0) is 51.8 Å². The highest BCUT2D eigenvalue weighted by Crippen LogP contribution is 2.39. The molecule has 4 rings (SSSR count). The average molecular weight is 486 g/mol. The van der Waals surface area contributed by atoms with Crippen LogP contribution in [0.4, 0.5) is 10.2 Å². The molecule has 2 N–H and O–H groups in total. The lowest BCUT2D eigenvalue weighted by atomic mass is 10.0. The summed E-state index contributed by atoms with van der Waals surface area (Å²) in [6.07, 6.45) is 1.46. The van der Waals surface area contributed by atoms with Crippen LogP contribution < -0.4 is 10.1 Å². The Morgan fingerprint density at radius 2 is 1.97 bits per heavy atom. The van der Waals surface area contributed by atoms with Crippen molar-refractivity contribution in [1.82, 2.24) is 9.97 Å². The number of aromatic nitrogens is 2. The summed E-state index contributed by atoms with van der Waals surface area (Å²) in [5, 5.41) is 13.3. The van der Waals surface area contributed by atoms with Crippen molar-refractivity contribution >= 4 is 38.8 Å². The van der Waals surface area contributed by atoms with Crippen LogP contribution in [0.3, 0.4) is 0 Å². The van der Waals surface area contributed by atoms with Crippen molar-refractivity contribution in [3.8, 4) is 17.1 Å². The number of aliphatic carboxylic acids is 1. The molecule has 158 valence electrons. The molecule has 0 bridgehead atoms. The second-order valence-electron chi connectivity index (χ2n) is 6.71. The zero-order valence-electron chi connectivity index (χ0n) is 16.3. The van der Waals surface area contributed by atoms with Gasteiger partial charge in [0.05, 0.1) is 17.0 Å². The largest absolute Gasteiger partial charge is 0.496 e. The first-order valence-electron chi connectivity index (χ1n) is 9.28. The molecule has 7 nitrogen and oxygen atoms in total. The number of nitrogens with zero attached hydrogens (tertiary/aromatic N) is 2. The molecule has 0 aliphatic heterocycles. The van der Waals surface area contributed by atoms with Gasteiger partial charge >= 0.3 is 5.97 Å². The number of benzene rings is 2. The Balaban J connectivity index is 1.71. The van der Waals surface area contributed by atoms with Crippen molar-refractivity contribution in [3.63, 3.8) is 0 Å². The lowest BCUT2D eigenvalue weighted by Crippen LogP contribution is -2.32. The van der Waals surface area contributed by atoms with Crippen molar-refractivity contribution in [2.24, 2.45) is 0 Å². The molecule has 9 heteroatoms. The molecule has 2 aromatic carbocycles. The van der Waals surface area contributed by atoms with Gasteiger partial charge in [0.25, 0.3) is 0 Å². The predicted molar refractivity (Wildman–Crippen MR) is 117 cm³/mol.